The van der Waals surface area contributed by atoms with Crippen LogP contribution in [0.25, 0.3) is 32.3 Å². The zero-order valence-electron chi connectivity index (χ0n) is 18.7. The van der Waals surface area contributed by atoms with Crippen molar-refractivity contribution >= 4 is 68.6 Å². The second-order valence-corrected chi connectivity index (χ2v) is 10.7. The summed E-state index contributed by atoms with van der Waals surface area (Å²) in [5.74, 6) is -1.60. The Kier molecular flexibility index (Phi) is 10.5. The summed E-state index contributed by atoms with van der Waals surface area (Å²) in [6.07, 6.45) is 0. The van der Waals surface area contributed by atoms with Gasteiger partial charge in [-0.15, -0.1) is 0 Å². The first-order valence-electron chi connectivity index (χ1n) is 8.46. The summed E-state index contributed by atoms with van der Waals surface area (Å²) in [6, 6.07) is 8.06. The molecule has 0 aliphatic heterocycles. The van der Waals surface area contributed by atoms with Gasteiger partial charge in [0.2, 0.25) is 0 Å². The minimum Gasteiger partial charge on any atom is -0.744 e. The van der Waals surface area contributed by atoms with Crippen LogP contribution in [0, 0.1) is 0 Å². The fraction of sp³-hybridized carbons (Fsp3) is 0.0556. The predicted octanol–water partition coefficient (Wildman–Crippen LogP) is -7.77. The summed E-state index contributed by atoms with van der Waals surface area (Å²) >= 11 is 0. The summed E-state index contributed by atoms with van der Waals surface area (Å²) in [5.41, 5.74) is 0. The Morgan fingerprint density at radius 1 is 0.686 bits per heavy atom. The van der Waals surface area contributed by atoms with Gasteiger partial charge in [0.05, 0.1) is 14.7 Å². The standard InChI is InChI=1S/C18H12O11S3.3Na/c1-8(19)29-12-7-10-4-2-3-9-5-6-11-14(13(9)10)15(12)17(31(23,24)25)18(32(26,27)28)16(11)30(20,21)22;;;/h2-7H,1H3,(H,20,21,22)(H,23,24,25)(H,26,27,28);;;/q;3*+1/p-3. The Bertz CT molecular complexity index is 1800. The summed E-state index contributed by atoms with van der Waals surface area (Å²) < 4.78 is 114. The summed E-state index contributed by atoms with van der Waals surface area (Å²) in [7, 11) is -17.7. The third-order valence-corrected chi connectivity index (χ3v) is 7.75. The molecule has 11 nitrogen and oxygen atoms in total. The van der Waals surface area contributed by atoms with Crippen LogP contribution in [0.15, 0.2) is 51.1 Å². The van der Waals surface area contributed by atoms with Crippen molar-refractivity contribution in [3.63, 3.8) is 0 Å². The van der Waals surface area contributed by atoms with Gasteiger partial charge in [-0.05, 0) is 22.2 Å². The summed E-state index contributed by atoms with van der Waals surface area (Å²) in [4.78, 5) is 6.19. The molecule has 17 heteroatoms. The molecule has 0 radical (unpaired) electrons. The molecule has 0 atom stereocenters. The molecule has 0 fully saturated rings. The molecule has 35 heavy (non-hydrogen) atoms. The third kappa shape index (κ3) is 5.92. The molecule has 0 saturated heterocycles. The second kappa shape index (κ2) is 11.1. The van der Waals surface area contributed by atoms with E-state index in [1.54, 1.807) is 12.1 Å². The van der Waals surface area contributed by atoms with Crippen molar-refractivity contribution in [2.75, 3.05) is 0 Å². The van der Waals surface area contributed by atoms with Crippen molar-refractivity contribution < 1.29 is 137 Å². The molecule has 0 heterocycles. The van der Waals surface area contributed by atoms with Crippen molar-refractivity contribution in [2.45, 2.75) is 21.6 Å². The van der Waals surface area contributed by atoms with E-state index in [0.29, 0.717) is 5.39 Å². The maximum absolute atomic E-state index is 12.2. The number of carbonyl (C=O) groups excluding carboxylic acids is 1. The zero-order valence-corrected chi connectivity index (χ0v) is 27.1. The minimum atomic E-state index is -6.01. The molecule has 0 aliphatic carbocycles. The van der Waals surface area contributed by atoms with E-state index >= 15 is 0 Å². The van der Waals surface area contributed by atoms with E-state index in [1.807, 2.05) is 0 Å². The van der Waals surface area contributed by atoms with Crippen LogP contribution < -0.4 is 93.4 Å². The molecule has 0 aromatic heterocycles. The molecule has 4 aromatic carbocycles. The number of hydrogen-bond donors (Lipinski definition) is 0. The quantitative estimate of drug-likeness (QED) is 0.0748. The zero-order chi connectivity index (χ0) is 23.8. The van der Waals surface area contributed by atoms with Crippen molar-refractivity contribution in [3.05, 3.63) is 36.4 Å². The number of ether oxygens (including phenoxy) is 1. The van der Waals surface area contributed by atoms with Gasteiger partial charge in [0.1, 0.15) is 36.1 Å². The van der Waals surface area contributed by atoms with Crippen molar-refractivity contribution in [3.8, 4) is 5.75 Å². The van der Waals surface area contributed by atoms with Crippen LogP contribution in [-0.4, -0.2) is 44.9 Å². The Hall–Kier alpha value is 0.120. The van der Waals surface area contributed by atoms with Gasteiger partial charge in [-0.25, -0.2) is 25.3 Å². The first kappa shape index (κ1) is 33.1. The molecule has 0 saturated carbocycles. The van der Waals surface area contributed by atoms with Gasteiger partial charge in [0.25, 0.3) is 0 Å². The van der Waals surface area contributed by atoms with Crippen LogP contribution in [0.3, 0.4) is 0 Å². The number of hydrogen-bond acceptors (Lipinski definition) is 11. The number of benzene rings is 4. The topological polar surface area (TPSA) is 198 Å². The maximum atomic E-state index is 12.2. The molecule has 0 unspecified atom stereocenters. The average Bonchev–Trinajstić information content (AvgIpc) is 2.62. The molecule has 4 rings (SSSR count). The monoisotopic (exact) mass is 566 g/mol. The van der Waals surface area contributed by atoms with E-state index in [0.717, 1.165) is 19.1 Å². The Labute approximate surface area is 266 Å². The SMILES string of the molecule is CC(=O)Oc1cc2cccc3ccc4c(S(=O)(=O)[O-])c(S(=O)(=O)[O-])c(S(=O)(=O)[O-])c1c4c32.[Na+].[Na+].[Na+]. The molecular weight excluding hydrogens is 557 g/mol. The van der Waals surface area contributed by atoms with Gasteiger partial charge in [-0.3, -0.25) is 4.79 Å². The van der Waals surface area contributed by atoms with Gasteiger partial charge in [-0.1, -0.05) is 30.3 Å². The van der Waals surface area contributed by atoms with Crippen molar-refractivity contribution in [1.82, 2.24) is 0 Å². The molecule has 0 amide bonds. The summed E-state index contributed by atoms with van der Waals surface area (Å²) in [6.45, 7) is 0.937. The minimum absolute atomic E-state index is 0. The second-order valence-electron chi connectivity index (χ2n) is 6.76. The molecule has 168 valence electrons. The van der Waals surface area contributed by atoms with Crippen LogP contribution in [0.5, 0.6) is 5.75 Å². The fourth-order valence-corrected chi connectivity index (χ4v) is 7.33. The van der Waals surface area contributed by atoms with E-state index < -0.39 is 67.5 Å². The van der Waals surface area contributed by atoms with E-state index in [-0.39, 0.29) is 105 Å². The van der Waals surface area contributed by atoms with Crippen molar-refractivity contribution in [2.24, 2.45) is 0 Å². The number of esters is 1. The fourth-order valence-electron chi connectivity index (χ4n) is 3.83. The van der Waals surface area contributed by atoms with Crippen LogP contribution in [0.1, 0.15) is 6.92 Å². The molecular formula is C18H9Na3O11S3. The molecule has 4 aromatic rings. The van der Waals surface area contributed by atoms with Gasteiger partial charge >= 0.3 is 94.6 Å². The largest absolute Gasteiger partial charge is 1.00 e. The first-order chi connectivity index (χ1) is 14.6. The normalized spacial score (nSPS) is 12.1. The average molecular weight is 566 g/mol. The van der Waals surface area contributed by atoms with Crippen LogP contribution in [-0.2, 0) is 35.1 Å². The van der Waals surface area contributed by atoms with Gasteiger partial charge < -0.3 is 18.4 Å². The molecule has 0 bridgehead atoms. The smallest absolute Gasteiger partial charge is 0.744 e. The van der Waals surface area contributed by atoms with Crippen LogP contribution in [0.4, 0.5) is 0 Å². The first-order valence-corrected chi connectivity index (χ1v) is 12.7. The predicted molar refractivity (Wildman–Crippen MR) is 105 cm³/mol. The maximum Gasteiger partial charge on any atom is 1.00 e. The number of carbonyl (C=O) groups is 1. The van der Waals surface area contributed by atoms with Gasteiger partial charge in [0.15, 0.2) is 0 Å². The van der Waals surface area contributed by atoms with Crippen LogP contribution >= 0.6 is 0 Å². The molecule has 0 N–H and O–H groups in total. The van der Waals surface area contributed by atoms with Crippen LogP contribution in [0.2, 0.25) is 0 Å². The Morgan fingerprint density at radius 3 is 1.69 bits per heavy atom. The Morgan fingerprint density at radius 2 is 1.20 bits per heavy atom. The summed E-state index contributed by atoms with van der Waals surface area (Å²) in [5, 5.41) is -0.909. The van der Waals surface area contributed by atoms with Gasteiger partial charge in [0, 0.05) is 23.1 Å². The van der Waals surface area contributed by atoms with Crippen molar-refractivity contribution in [1.29, 1.82) is 0 Å². The third-order valence-electron chi connectivity index (χ3n) is 4.75. The van der Waals surface area contributed by atoms with E-state index in [9.17, 15) is 43.7 Å². The molecule has 0 spiro atoms. The Balaban J connectivity index is 0.00000204. The van der Waals surface area contributed by atoms with E-state index in [4.69, 9.17) is 4.74 Å². The number of rotatable bonds is 4. The van der Waals surface area contributed by atoms with Gasteiger partial charge in [-0.2, -0.15) is 0 Å². The van der Waals surface area contributed by atoms with E-state index in [2.05, 4.69) is 0 Å². The van der Waals surface area contributed by atoms with E-state index in [1.165, 1.54) is 12.1 Å². The molecule has 0 aliphatic rings.